The zero-order chi connectivity index (χ0) is 18.1. The Hall–Kier alpha value is -2.41. The average Bonchev–Trinajstić information content (AvgIpc) is 3.29. The molecule has 3 aromatic heterocycles. The predicted molar refractivity (Wildman–Crippen MR) is 110 cm³/mol. The fourth-order valence-corrected chi connectivity index (χ4v) is 4.53. The summed E-state index contributed by atoms with van der Waals surface area (Å²) in [7, 11) is 0. The molecule has 0 atom stereocenters. The highest BCUT2D eigenvalue weighted by molar-refractivity contribution is 7.21. The van der Waals surface area contributed by atoms with Gasteiger partial charge in [0.05, 0.1) is 16.3 Å². The molecule has 0 radical (unpaired) electrons. The largest absolute Gasteiger partial charge is 0.397 e. The van der Waals surface area contributed by atoms with Gasteiger partial charge in [0.1, 0.15) is 9.71 Å². The molecule has 4 aromatic rings. The third-order valence-electron chi connectivity index (χ3n) is 3.97. The van der Waals surface area contributed by atoms with Crippen LogP contribution < -0.4 is 11.1 Å². The van der Waals surface area contributed by atoms with Crippen LogP contribution in [0.4, 0.5) is 5.69 Å². The molecule has 4 nitrogen and oxygen atoms in total. The first kappa shape index (κ1) is 17.0. The van der Waals surface area contributed by atoms with E-state index in [1.165, 1.54) is 11.3 Å². The molecule has 130 valence electrons. The SMILES string of the molecule is Nc1c(C(=O)NCc2ccccc2Cl)sc2nc(-c3cccs3)ccc12. The van der Waals surface area contributed by atoms with Crippen molar-refractivity contribution in [3.05, 3.63) is 69.4 Å². The average molecular weight is 400 g/mol. The Morgan fingerprint density at radius 3 is 2.77 bits per heavy atom. The number of halogens is 1. The van der Waals surface area contributed by atoms with Crippen molar-refractivity contribution in [2.24, 2.45) is 0 Å². The van der Waals surface area contributed by atoms with Crippen LogP contribution in [-0.2, 0) is 6.54 Å². The second kappa shape index (κ2) is 7.07. The normalized spacial score (nSPS) is 11.0. The molecule has 26 heavy (non-hydrogen) atoms. The summed E-state index contributed by atoms with van der Waals surface area (Å²) in [5.41, 5.74) is 8.41. The first-order valence-corrected chi connectivity index (χ1v) is 9.95. The van der Waals surface area contributed by atoms with E-state index in [1.807, 2.05) is 47.8 Å². The third-order valence-corrected chi connectivity index (χ3v) is 6.35. The van der Waals surface area contributed by atoms with Gasteiger partial charge in [0.15, 0.2) is 0 Å². The van der Waals surface area contributed by atoms with E-state index in [0.29, 0.717) is 22.1 Å². The van der Waals surface area contributed by atoms with Gasteiger partial charge in [-0.25, -0.2) is 4.98 Å². The van der Waals surface area contributed by atoms with Gasteiger partial charge in [-0.3, -0.25) is 4.79 Å². The molecular formula is C19H14ClN3OS2. The number of hydrogen-bond acceptors (Lipinski definition) is 5. The number of carbonyl (C=O) groups excluding carboxylic acids is 1. The number of hydrogen-bond donors (Lipinski definition) is 2. The Bertz CT molecular complexity index is 1090. The number of amides is 1. The lowest BCUT2D eigenvalue weighted by Gasteiger charge is -2.06. The lowest BCUT2D eigenvalue weighted by Crippen LogP contribution is -2.22. The molecule has 3 heterocycles. The lowest BCUT2D eigenvalue weighted by molar-refractivity contribution is 0.0956. The van der Waals surface area contributed by atoms with Crippen LogP contribution in [0.15, 0.2) is 53.9 Å². The zero-order valence-corrected chi connectivity index (χ0v) is 15.9. The molecule has 7 heteroatoms. The summed E-state index contributed by atoms with van der Waals surface area (Å²) in [6, 6.07) is 15.3. The molecule has 0 saturated carbocycles. The van der Waals surface area contributed by atoms with E-state index in [0.717, 1.165) is 26.4 Å². The summed E-state index contributed by atoms with van der Waals surface area (Å²) in [5.74, 6) is -0.219. The Kier molecular flexibility index (Phi) is 4.63. The van der Waals surface area contributed by atoms with Crippen LogP contribution in [0.5, 0.6) is 0 Å². The van der Waals surface area contributed by atoms with Crippen molar-refractivity contribution >= 4 is 56.1 Å². The number of fused-ring (bicyclic) bond motifs is 1. The monoisotopic (exact) mass is 399 g/mol. The summed E-state index contributed by atoms with van der Waals surface area (Å²) < 4.78 is 0. The lowest BCUT2D eigenvalue weighted by atomic mass is 10.2. The molecule has 0 aliphatic heterocycles. The van der Waals surface area contributed by atoms with Crippen molar-refractivity contribution in [2.45, 2.75) is 6.54 Å². The number of pyridine rings is 1. The van der Waals surface area contributed by atoms with Gasteiger partial charge in [-0.1, -0.05) is 35.9 Å². The van der Waals surface area contributed by atoms with Crippen LogP contribution in [-0.4, -0.2) is 10.9 Å². The van der Waals surface area contributed by atoms with Crippen LogP contribution in [0.3, 0.4) is 0 Å². The third kappa shape index (κ3) is 3.19. The number of anilines is 1. The zero-order valence-electron chi connectivity index (χ0n) is 13.5. The minimum Gasteiger partial charge on any atom is -0.397 e. The van der Waals surface area contributed by atoms with Crippen molar-refractivity contribution < 1.29 is 4.79 Å². The van der Waals surface area contributed by atoms with Crippen molar-refractivity contribution in [3.8, 4) is 10.6 Å². The van der Waals surface area contributed by atoms with E-state index in [2.05, 4.69) is 10.3 Å². The van der Waals surface area contributed by atoms with Crippen LogP contribution in [0.1, 0.15) is 15.2 Å². The quantitative estimate of drug-likeness (QED) is 0.496. The van der Waals surface area contributed by atoms with Crippen molar-refractivity contribution in [2.75, 3.05) is 5.73 Å². The number of nitrogen functional groups attached to an aromatic ring is 1. The maximum atomic E-state index is 12.6. The minimum absolute atomic E-state index is 0.219. The standard InChI is InChI=1S/C19H14ClN3OS2/c20-13-5-2-1-4-11(13)10-22-18(24)17-16(21)12-7-8-14(23-19(12)26-17)15-6-3-9-25-15/h1-9H,10,21H2,(H,22,24). The summed E-state index contributed by atoms with van der Waals surface area (Å²) in [4.78, 5) is 19.6. The van der Waals surface area contributed by atoms with Crippen LogP contribution >= 0.6 is 34.3 Å². The molecule has 0 aliphatic rings. The maximum Gasteiger partial charge on any atom is 0.263 e. The Labute approximate surface area is 163 Å². The fourth-order valence-electron chi connectivity index (χ4n) is 2.62. The smallest absolute Gasteiger partial charge is 0.263 e. The van der Waals surface area contributed by atoms with E-state index in [1.54, 1.807) is 17.4 Å². The highest BCUT2D eigenvalue weighted by Gasteiger charge is 2.18. The molecule has 0 bridgehead atoms. The van der Waals surface area contributed by atoms with Gasteiger partial charge in [0.2, 0.25) is 0 Å². The summed E-state index contributed by atoms with van der Waals surface area (Å²) in [6.45, 7) is 0.347. The predicted octanol–water partition coefficient (Wildman–Crippen LogP) is 5.19. The summed E-state index contributed by atoms with van der Waals surface area (Å²) in [5, 5.41) is 6.32. The van der Waals surface area contributed by atoms with E-state index >= 15 is 0 Å². The van der Waals surface area contributed by atoms with Gasteiger partial charge in [-0.2, -0.15) is 0 Å². The van der Waals surface area contributed by atoms with Crippen LogP contribution in [0.25, 0.3) is 20.8 Å². The summed E-state index contributed by atoms with van der Waals surface area (Å²) >= 11 is 9.07. The van der Waals surface area contributed by atoms with Crippen molar-refractivity contribution in [1.82, 2.24) is 10.3 Å². The highest BCUT2D eigenvalue weighted by atomic mass is 35.5. The summed E-state index contributed by atoms with van der Waals surface area (Å²) in [6.07, 6.45) is 0. The van der Waals surface area contributed by atoms with Gasteiger partial charge < -0.3 is 11.1 Å². The molecule has 0 saturated heterocycles. The van der Waals surface area contributed by atoms with Gasteiger partial charge in [0, 0.05) is 17.0 Å². The van der Waals surface area contributed by atoms with E-state index in [9.17, 15) is 4.79 Å². The van der Waals surface area contributed by atoms with Crippen LogP contribution in [0, 0.1) is 0 Å². The fraction of sp³-hybridized carbons (Fsp3) is 0.0526. The minimum atomic E-state index is -0.219. The Morgan fingerprint density at radius 1 is 1.15 bits per heavy atom. The number of carbonyl (C=O) groups is 1. The first-order valence-electron chi connectivity index (χ1n) is 7.88. The van der Waals surface area contributed by atoms with Gasteiger partial charge >= 0.3 is 0 Å². The van der Waals surface area contributed by atoms with E-state index < -0.39 is 0 Å². The second-order valence-electron chi connectivity index (χ2n) is 5.65. The number of benzene rings is 1. The Morgan fingerprint density at radius 2 is 2.00 bits per heavy atom. The van der Waals surface area contributed by atoms with E-state index in [4.69, 9.17) is 17.3 Å². The van der Waals surface area contributed by atoms with Crippen molar-refractivity contribution in [3.63, 3.8) is 0 Å². The molecule has 0 fully saturated rings. The van der Waals surface area contributed by atoms with Gasteiger partial charge in [-0.05, 0) is 35.2 Å². The molecular weight excluding hydrogens is 386 g/mol. The number of thiophene rings is 2. The number of nitrogens with zero attached hydrogens (tertiary/aromatic N) is 1. The molecule has 1 amide bonds. The molecule has 0 unspecified atom stereocenters. The molecule has 3 N–H and O–H groups in total. The Balaban J connectivity index is 1.60. The number of aromatic nitrogens is 1. The first-order chi connectivity index (χ1) is 12.6. The second-order valence-corrected chi connectivity index (χ2v) is 8.00. The molecule has 1 aromatic carbocycles. The highest BCUT2D eigenvalue weighted by Crippen LogP contribution is 2.35. The topological polar surface area (TPSA) is 68.0 Å². The van der Waals surface area contributed by atoms with Crippen LogP contribution in [0.2, 0.25) is 5.02 Å². The number of nitrogens with one attached hydrogen (secondary N) is 1. The molecule has 4 rings (SSSR count). The molecule has 0 aliphatic carbocycles. The maximum absolute atomic E-state index is 12.6. The van der Waals surface area contributed by atoms with Crippen molar-refractivity contribution in [1.29, 1.82) is 0 Å². The number of nitrogens with two attached hydrogens (primary N) is 1. The molecule has 0 spiro atoms. The van der Waals surface area contributed by atoms with Gasteiger partial charge in [-0.15, -0.1) is 22.7 Å². The number of rotatable bonds is 4. The van der Waals surface area contributed by atoms with Gasteiger partial charge in [0.25, 0.3) is 5.91 Å². The van der Waals surface area contributed by atoms with E-state index in [-0.39, 0.29) is 5.91 Å².